The number of para-hydroxylation sites is 8. The predicted octanol–water partition coefficient (Wildman–Crippen LogP) is 26.7. The normalized spacial score (nSPS) is 12.9. The second-order valence-corrected chi connectivity index (χ2v) is 34.3. The standard InChI is InChI=1S/C112H85B2N5O/c1-111(2,3)78-62-56-74(57-63-78)87-44-26-30-52-97(87)119(98-53-31-27-45-88(98)75-58-64-79(65-59-75)112(4,5)6)86-70-104-110-106(71-86)120-105-73-101-95(72-96(105)114(110)94-51-29-33-55-100(94)117(104)84-66-60-77(61-67-84)108-91-48-24-22-46-89(91)107(76-34-12-7-13-35-76)90-47-23-25-49-92(90)108)113-93-50-28-32-54-99(93)116(82-40-18-10-19-41-82)102-68-85(69-103(109(102)113)118(101)83-42-20-11-21-43-83)115(80-36-14-8-15-37-80)81-38-16-9-17-39-81/h7-73H,1-6H3. The van der Waals surface area contributed by atoms with Crippen molar-refractivity contribution in [1.29, 1.82) is 0 Å². The van der Waals surface area contributed by atoms with E-state index in [1.165, 1.54) is 71.2 Å². The maximum absolute atomic E-state index is 8.18. The lowest BCUT2D eigenvalue weighted by Crippen LogP contribution is -2.64. The SMILES string of the molecule is CC(C)(C)c1ccc(-c2ccccc2N(c2cc3c4c(c2)N(c2ccc(-c5c6ccccc6c(-c6ccccc6)c6ccccc56)cc2)c2ccccc2B4c2cc4c(cc2O3)N(c2ccccc2)c2cc(N(c3ccccc3)c3ccccc3)cc3c2B4c2ccccc2N3c2ccccc2)c2ccccc2-c2ccc(C(C)(C)C)cc2)cc1. The highest BCUT2D eigenvalue weighted by Gasteiger charge is 2.49. The van der Waals surface area contributed by atoms with Gasteiger partial charge in [-0.2, -0.15) is 0 Å². The topological polar surface area (TPSA) is 25.4 Å². The molecule has 0 saturated heterocycles. The number of hydrogen-bond donors (Lipinski definition) is 0. The lowest BCUT2D eigenvalue weighted by Gasteiger charge is -2.46. The van der Waals surface area contributed by atoms with Gasteiger partial charge in [0.05, 0.1) is 22.7 Å². The molecule has 0 aromatic heterocycles. The number of ether oxygens (including phenoxy) is 1. The second kappa shape index (κ2) is 28.7. The molecule has 120 heavy (non-hydrogen) atoms. The maximum Gasteiger partial charge on any atom is 0.256 e. The molecule has 18 aromatic rings. The first kappa shape index (κ1) is 71.9. The van der Waals surface area contributed by atoms with Crippen molar-refractivity contribution < 1.29 is 4.74 Å². The predicted molar refractivity (Wildman–Crippen MR) is 510 cm³/mol. The van der Waals surface area contributed by atoms with Crippen LogP contribution in [0.5, 0.6) is 11.5 Å². The van der Waals surface area contributed by atoms with Crippen LogP contribution in [-0.4, -0.2) is 13.4 Å². The van der Waals surface area contributed by atoms with E-state index in [4.69, 9.17) is 4.74 Å². The van der Waals surface area contributed by atoms with E-state index in [-0.39, 0.29) is 24.3 Å². The molecule has 0 saturated carbocycles. The minimum absolute atomic E-state index is 0.0379. The van der Waals surface area contributed by atoms with Gasteiger partial charge in [-0.25, -0.2) is 0 Å². The smallest absolute Gasteiger partial charge is 0.256 e. The van der Waals surface area contributed by atoms with E-state index >= 15 is 0 Å². The Labute approximate surface area is 703 Å². The molecule has 0 amide bonds. The summed E-state index contributed by atoms with van der Waals surface area (Å²) in [6.07, 6.45) is 0. The molecule has 0 unspecified atom stereocenters. The van der Waals surface area contributed by atoms with Gasteiger partial charge in [0.15, 0.2) is 0 Å². The molecule has 4 heterocycles. The van der Waals surface area contributed by atoms with Gasteiger partial charge in [-0.3, -0.25) is 0 Å². The molecule has 570 valence electrons. The van der Waals surface area contributed by atoms with Crippen molar-refractivity contribution in [3.8, 4) is 56.0 Å². The summed E-state index contributed by atoms with van der Waals surface area (Å²) < 4.78 is 8.18. The Bertz CT molecular complexity index is 6830. The first-order chi connectivity index (χ1) is 58.8. The van der Waals surface area contributed by atoms with Crippen LogP contribution in [-0.2, 0) is 10.8 Å². The van der Waals surface area contributed by atoms with E-state index in [1.807, 2.05) is 0 Å². The summed E-state index contributed by atoms with van der Waals surface area (Å²) in [6.45, 7) is 13.2. The van der Waals surface area contributed by atoms with Crippen LogP contribution in [0, 0.1) is 0 Å². The van der Waals surface area contributed by atoms with Crippen molar-refractivity contribution in [2.24, 2.45) is 0 Å². The maximum atomic E-state index is 8.18. The van der Waals surface area contributed by atoms with Gasteiger partial charge >= 0.3 is 0 Å². The zero-order valence-electron chi connectivity index (χ0n) is 68.0. The zero-order chi connectivity index (χ0) is 80.5. The fraction of sp³-hybridized carbons (Fsp3) is 0.0714. The molecule has 0 fully saturated rings. The molecule has 0 bridgehead atoms. The van der Waals surface area contributed by atoms with Crippen molar-refractivity contribution in [2.75, 3.05) is 24.5 Å². The zero-order valence-corrected chi connectivity index (χ0v) is 68.0. The van der Waals surface area contributed by atoms with Crippen molar-refractivity contribution >= 4 is 153 Å². The summed E-state index contributed by atoms with van der Waals surface area (Å²) >= 11 is 0. The highest BCUT2D eigenvalue weighted by Crippen LogP contribution is 2.54. The van der Waals surface area contributed by atoms with Gasteiger partial charge in [-0.05, 0) is 213 Å². The number of fused-ring (bicyclic) bond motifs is 10. The Kier molecular flexibility index (Phi) is 17.2. The lowest BCUT2D eigenvalue weighted by molar-refractivity contribution is 0.488. The fourth-order valence-electron chi connectivity index (χ4n) is 19.6. The Morgan fingerprint density at radius 1 is 0.242 bits per heavy atom. The summed E-state index contributed by atoms with van der Waals surface area (Å²) in [5.41, 5.74) is 34.6. The highest BCUT2D eigenvalue weighted by molar-refractivity contribution is 7.02. The third-order valence-corrected chi connectivity index (χ3v) is 25.1. The molecule has 0 atom stereocenters. The molecule has 18 aromatic carbocycles. The first-order valence-electron chi connectivity index (χ1n) is 41.9. The molecule has 0 radical (unpaired) electrons. The monoisotopic (exact) mass is 1540 g/mol. The Morgan fingerprint density at radius 2 is 0.600 bits per heavy atom. The average molecular weight is 1540 g/mol. The quantitative estimate of drug-likeness (QED) is 0.0843. The van der Waals surface area contributed by atoms with Crippen LogP contribution in [0.15, 0.2) is 406 Å². The van der Waals surface area contributed by atoms with E-state index in [1.54, 1.807) is 0 Å². The van der Waals surface area contributed by atoms with Crippen LogP contribution in [0.3, 0.4) is 0 Å². The van der Waals surface area contributed by atoms with E-state index in [0.717, 1.165) is 136 Å². The molecular weight excluding hydrogens is 1450 g/mol. The van der Waals surface area contributed by atoms with Gasteiger partial charge in [-0.15, -0.1) is 0 Å². The lowest BCUT2D eigenvalue weighted by atomic mass is 9.30. The van der Waals surface area contributed by atoms with Crippen molar-refractivity contribution in [3.05, 3.63) is 418 Å². The number of anilines is 15. The van der Waals surface area contributed by atoms with E-state index < -0.39 is 0 Å². The van der Waals surface area contributed by atoms with Crippen LogP contribution in [0.4, 0.5) is 85.3 Å². The van der Waals surface area contributed by atoms with Crippen LogP contribution < -0.4 is 62.0 Å². The van der Waals surface area contributed by atoms with Crippen LogP contribution in [0.2, 0.25) is 0 Å². The van der Waals surface area contributed by atoms with Gasteiger partial charge in [0.2, 0.25) is 0 Å². The summed E-state index contributed by atoms with van der Waals surface area (Å²) in [7, 11) is 0. The molecule has 6 nitrogen and oxygen atoms in total. The highest BCUT2D eigenvalue weighted by atomic mass is 16.5. The van der Waals surface area contributed by atoms with E-state index in [9.17, 15) is 0 Å². The number of benzene rings is 18. The van der Waals surface area contributed by atoms with Gasteiger partial charge in [0.25, 0.3) is 13.4 Å². The van der Waals surface area contributed by atoms with E-state index in [2.05, 4.69) is 472 Å². The summed E-state index contributed by atoms with van der Waals surface area (Å²) in [6, 6.07) is 151. The molecule has 0 N–H and O–H groups in total. The molecule has 4 aliphatic heterocycles. The van der Waals surface area contributed by atoms with Crippen LogP contribution in [0.1, 0.15) is 52.7 Å². The Hall–Kier alpha value is -14.6. The van der Waals surface area contributed by atoms with Crippen LogP contribution in [0.25, 0.3) is 66.1 Å². The molecule has 8 heteroatoms. The molecule has 0 spiro atoms. The largest absolute Gasteiger partial charge is 0.458 e. The van der Waals surface area contributed by atoms with Gasteiger partial charge in [0.1, 0.15) is 11.5 Å². The minimum atomic E-state index is -0.292. The summed E-state index contributed by atoms with van der Waals surface area (Å²) in [5, 5.41) is 4.87. The van der Waals surface area contributed by atoms with Gasteiger partial charge < -0.3 is 29.2 Å². The number of nitrogens with zero attached hydrogens (tertiary/aromatic N) is 5. The summed E-state index contributed by atoms with van der Waals surface area (Å²) in [4.78, 5) is 12.5. The second-order valence-electron chi connectivity index (χ2n) is 34.3. The van der Waals surface area contributed by atoms with Crippen molar-refractivity contribution in [1.82, 2.24) is 0 Å². The van der Waals surface area contributed by atoms with Crippen LogP contribution >= 0.6 is 0 Å². The van der Waals surface area contributed by atoms with E-state index in [0.29, 0.717) is 0 Å². The average Bonchev–Trinajstić information content (AvgIpc) is 0.686. The Morgan fingerprint density at radius 3 is 1.07 bits per heavy atom. The third kappa shape index (κ3) is 11.9. The summed E-state index contributed by atoms with van der Waals surface area (Å²) in [5.74, 6) is 1.59. The molecular formula is C112H85B2N5O. The van der Waals surface area contributed by atoms with Gasteiger partial charge in [-0.1, -0.05) is 333 Å². The molecule has 22 rings (SSSR count). The third-order valence-electron chi connectivity index (χ3n) is 25.1. The Balaban J connectivity index is 0.802. The fourth-order valence-corrected chi connectivity index (χ4v) is 19.6. The number of rotatable bonds is 13. The van der Waals surface area contributed by atoms with Gasteiger partial charge in [0, 0.05) is 85.8 Å². The van der Waals surface area contributed by atoms with Crippen molar-refractivity contribution in [3.63, 3.8) is 0 Å². The van der Waals surface area contributed by atoms with Crippen molar-refractivity contribution in [2.45, 2.75) is 52.4 Å². The number of hydrogen-bond acceptors (Lipinski definition) is 6. The minimum Gasteiger partial charge on any atom is -0.458 e. The first-order valence-corrected chi connectivity index (χ1v) is 41.9. The molecule has 4 aliphatic rings. The molecule has 0 aliphatic carbocycles.